The smallest absolute Gasteiger partial charge is 0.138 e. The first kappa shape index (κ1) is 11.4. The Morgan fingerprint density at radius 3 is 2.42 bits per heavy atom. The number of carbonyl (C=O) groups is 1. The zero-order valence-electron chi connectivity index (χ0n) is 8.39. The number of carbonyl (C=O) groups excluding carboxylic acids is 1. The van der Waals surface area contributed by atoms with Crippen molar-refractivity contribution in [1.82, 2.24) is 0 Å². The van der Waals surface area contributed by atoms with E-state index in [1.165, 1.54) is 0 Å². The maximum atomic E-state index is 11.2. The van der Waals surface area contributed by atoms with Crippen molar-refractivity contribution in [1.29, 1.82) is 0 Å². The second-order valence-corrected chi connectivity index (χ2v) is 3.53. The average molecular weight is 170 g/mol. The van der Waals surface area contributed by atoms with Crippen LogP contribution in [0, 0.1) is 5.41 Å². The highest BCUT2D eigenvalue weighted by Gasteiger charge is 2.33. The van der Waals surface area contributed by atoms with Gasteiger partial charge in [0, 0.05) is 12.5 Å². The molecule has 0 aromatic carbocycles. The van der Waals surface area contributed by atoms with Crippen LogP contribution in [0.25, 0.3) is 0 Å². The van der Waals surface area contributed by atoms with Crippen molar-refractivity contribution in [3.8, 4) is 0 Å². The molecule has 0 rings (SSSR count). The van der Waals surface area contributed by atoms with Gasteiger partial charge in [-0.15, -0.1) is 6.58 Å². The van der Waals surface area contributed by atoms with Crippen molar-refractivity contribution in [2.24, 2.45) is 5.41 Å². The van der Waals surface area contributed by atoms with Crippen LogP contribution in [-0.2, 0) is 9.53 Å². The summed E-state index contributed by atoms with van der Waals surface area (Å²) in [5, 5.41) is 0. The number of Topliss-reactive ketones (excluding diaryl/α,β-unsaturated/α-hetero) is 1. The highest BCUT2D eigenvalue weighted by molar-refractivity contribution is 5.82. The van der Waals surface area contributed by atoms with E-state index in [9.17, 15) is 4.79 Å². The quantitative estimate of drug-likeness (QED) is 0.591. The molecule has 0 saturated carbocycles. The highest BCUT2D eigenvalue weighted by atomic mass is 16.5. The van der Waals surface area contributed by atoms with E-state index < -0.39 is 5.41 Å². The molecule has 0 spiro atoms. The van der Waals surface area contributed by atoms with Gasteiger partial charge in [0.1, 0.15) is 5.78 Å². The first-order chi connectivity index (χ1) is 5.46. The topological polar surface area (TPSA) is 26.3 Å². The van der Waals surface area contributed by atoms with Crippen LogP contribution in [0.15, 0.2) is 12.7 Å². The molecule has 0 aliphatic carbocycles. The van der Waals surface area contributed by atoms with Gasteiger partial charge < -0.3 is 4.74 Å². The van der Waals surface area contributed by atoms with Crippen LogP contribution in [0.1, 0.15) is 27.2 Å². The van der Waals surface area contributed by atoms with Crippen LogP contribution < -0.4 is 0 Å². The minimum atomic E-state index is -0.414. The van der Waals surface area contributed by atoms with Crippen molar-refractivity contribution < 1.29 is 9.53 Å². The van der Waals surface area contributed by atoms with Gasteiger partial charge in [0.15, 0.2) is 0 Å². The molecule has 2 nitrogen and oxygen atoms in total. The van der Waals surface area contributed by atoms with Gasteiger partial charge in [0.25, 0.3) is 0 Å². The second kappa shape index (κ2) is 4.41. The number of ether oxygens (including phenoxy) is 1. The number of hydrogen-bond acceptors (Lipinski definition) is 2. The molecule has 0 aromatic heterocycles. The molecule has 70 valence electrons. The third kappa shape index (κ3) is 2.45. The molecule has 0 aliphatic heterocycles. The predicted octanol–water partition coefficient (Wildman–Crippen LogP) is 2.19. The van der Waals surface area contributed by atoms with Gasteiger partial charge in [-0.3, -0.25) is 4.79 Å². The minimum Gasteiger partial charge on any atom is -0.380 e. The molecule has 0 aromatic rings. The standard InChI is InChI=1S/C10H18O2/c1-6-7-9(12-5)10(3,4)8(2)11/h6,9H,1,7H2,2-5H3/t9-/m1/s1. The van der Waals surface area contributed by atoms with E-state index in [0.29, 0.717) is 6.42 Å². The molecule has 0 amide bonds. The Morgan fingerprint density at radius 2 is 2.17 bits per heavy atom. The molecule has 2 heteroatoms. The fourth-order valence-corrected chi connectivity index (χ4v) is 1.06. The number of ketones is 1. The molecule has 0 saturated heterocycles. The van der Waals surface area contributed by atoms with Crippen LogP contribution in [0.2, 0.25) is 0 Å². The number of hydrogen-bond donors (Lipinski definition) is 0. The second-order valence-electron chi connectivity index (χ2n) is 3.53. The van der Waals surface area contributed by atoms with Crippen molar-refractivity contribution in [2.45, 2.75) is 33.3 Å². The third-order valence-electron chi connectivity index (χ3n) is 2.38. The van der Waals surface area contributed by atoms with Crippen molar-refractivity contribution in [3.05, 3.63) is 12.7 Å². The summed E-state index contributed by atoms with van der Waals surface area (Å²) in [4.78, 5) is 11.2. The zero-order valence-corrected chi connectivity index (χ0v) is 8.39. The lowest BCUT2D eigenvalue weighted by Crippen LogP contribution is -2.36. The molecule has 0 heterocycles. The van der Waals surface area contributed by atoms with Crippen molar-refractivity contribution in [3.63, 3.8) is 0 Å². The molecule has 1 atom stereocenters. The SMILES string of the molecule is C=CC[C@@H](OC)C(C)(C)C(C)=O. The molecule has 0 N–H and O–H groups in total. The van der Waals surface area contributed by atoms with E-state index in [2.05, 4.69) is 6.58 Å². The molecule has 0 bridgehead atoms. The Balaban J connectivity index is 4.46. The highest BCUT2D eigenvalue weighted by Crippen LogP contribution is 2.26. The van der Waals surface area contributed by atoms with Gasteiger partial charge in [-0.25, -0.2) is 0 Å². The number of rotatable bonds is 5. The lowest BCUT2D eigenvalue weighted by molar-refractivity contribution is -0.132. The summed E-state index contributed by atoms with van der Waals surface area (Å²) in [6.45, 7) is 9.01. The predicted molar refractivity (Wildman–Crippen MR) is 50.1 cm³/mol. The fourth-order valence-electron chi connectivity index (χ4n) is 1.06. The van der Waals surface area contributed by atoms with Gasteiger partial charge in [0.2, 0.25) is 0 Å². The van der Waals surface area contributed by atoms with Gasteiger partial charge >= 0.3 is 0 Å². The Labute approximate surface area is 74.6 Å². The zero-order chi connectivity index (χ0) is 9.78. The molecular weight excluding hydrogens is 152 g/mol. The van der Waals surface area contributed by atoms with Crippen LogP contribution >= 0.6 is 0 Å². The normalized spacial score (nSPS) is 14.0. The summed E-state index contributed by atoms with van der Waals surface area (Å²) < 4.78 is 5.22. The van der Waals surface area contributed by atoms with Gasteiger partial charge in [-0.05, 0) is 13.3 Å². The molecule has 0 unspecified atom stereocenters. The first-order valence-corrected chi connectivity index (χ1v) is 4.11. The molecule has 0 radical (unpaired) electrons. The molecule has 0 aliphatic rings. The number of methoxy groups -OCH3 is 1. The van der Waals surface area contributed by atoms with Crippen LogP contribution in [-0.4, -0.2) is 19.0 Å². The van der Waals surface area contributed by atoms with Crippen LogP contribution in [0.3, 0.4) is 0 Å². The lowest BCUT2D eigenvalue weighted by Gasteiger charge is -2.29. The third-order valence-corrected chi connectivity index (χ3v) is 2.38. The Hall–Kier alpha value is -0.630. The maximum absolute atomic E-state index is 11.2. The fraction of sp³-hybridized carbons (Fsp3) is 0.700. The summed E-state index contributed by atoms with van der Waals surface area (Å²) in [5.41, 5.74) is -0.414. The molecular formula is C10H18O2. The van der Waals surface area contributed by atoms with Crippen LogP contribution in [0.5, 0.6) is 0 Å². The van der Waals surface area contributed by atoms with Gasteiger partial charge in [-0.2, -0.15) is 0 Å². The van der Waals surface area contributed by atoms with E-state index in [4.69, 9.17) is 4.74 Å². The Kier molecular flexibility index (Phi) is 4.18. The largest absolute Gasteiger partial charge is 0.380 e. The summed E-state index contributed by atoms with van der Waals surface area (Å²) >= 11 is 0. The van der Waals surface area contributed by atoms with Gasteiger partial charge in [0.05, 0.1) is 6.10 Å². The minimum absolute atomic E-state index is 0.0625. The van der Waals surface area contributed by atoms with E-state index >= 15 is 0 Å². The van der Waals surface area contributed by atoms with Crippen LogP contribution in [0.4, 0.5) is 0 Å². The summed E-state index contributed by atoms with van der Waals surface area (Å²) in [6.07, 6.45) is 2.43. The van der Waals surface area contributed by atoms with Crippen molar-refractivity contribution in [2.75, 3.05) is 7.11 Å². The Morgan fingerprint density at radius 1 is 1.67 bits per heavy atom. The van der Waals surface area contributed by atoms with E-state index in [-0.39, 0.29) is 11.9 Å². The van der Waals surface area contributed by atoms with Crippen molar-refractivity contribution >= 4 is 5.78 Å². The lowest BCUT2D eigenvalue weighted by atomic mass is 9.81. The maximum Gasteiger partial charge on any atom is 0.138 e. The monoisotopic (exact) mass is 170 g/mol. The Bertz CT molecular complexity index is 171. The van der Waals surface area contributed by atoms with E-state index in [1.807, 2.05) is 13.8 Å². The van der Waals surface area contributed by atoms with E-state index in [0.717, 1.165) is 0 Å². The molecule has 0 fully saturated rings. The van der Waals surface area contributed by atoms with E-state index in [1.54, 1.807) is 20.1 Å². The summed E-state index contributed by atoms with van der Waals surface area (Å²) in [5.74, 6) is 0.149. The van der Waals surface area contributed by atoms with Gasteiger partial charge in [-0.1, -0.05) is 19.9 Å². The first-order valence-electron chi connectivity index (χ1n) is 4.11. The average Bonchev–Trinajstić information content (AvgIpc) is 1.99. The summed E-state index contributed by atoms with van der Waals surface area (Å²) in [7, 11) is 1.62. The molecule has 12 heavy (non-hydrogen) atoms. The summed E-state index contributed by atoms with van der Waals surface area (Å²) in [6, 6.07) is 0.